The second-order valence-corrected chi connectivity index (χ2v) is 11.9. The van der Waals surface area contributed by atoms with E-state index in [1.54, 1.807) is 12.1 Å². The van der Waals surface area contributed by atoms with Crippen molar-refractivity contribution >= 4 is 43.9 Å². The van der Waals surface area contributed by atoms with Crippen molar-refractivity contribution in [3.8, 4) is 56.4 Å². The van der Waals surface area contributed by atoms with Crippen molar-refractivity contribution < 1.29 is 17.1 Å². The van der Waals surface area contributed by atoms with Crippen LogP contribution in [0.25, 0.3) is 100 Å². The van der Waals surface area contributed by atoms with E-state index in [0.29, 0.717) is 39.5 Å². The average molecular weight is 648 g/mol. The highest BCUT2D eigenvalue weighted by Gasteiger charge is 2.17. The van der Waals surface area contributed by atoms with Crippen molar-refractivity contribution in [2.75, 3.05) is 0 Å². The molecule has 0 saturated carbocycles. The summed E-state index contributed by atoms with van der Waals surface area (Å²) in [7, 11) is 0. The standard InChI is InChI=1S/C45H27N3O2/c1-3-11-28(12-4-1)30-15-9-16-32(25-30)44-46-43(29-13-5-2-6-14-29)47-45(48-44)33-21-23-36-37-19-10-18-34(42(37)50-41(36)27-33)31-22-24-40-38(26-31)35-17-7-8-20-39(35)49-40/h1-27H/i10D,18D,19D,21D,23D,27D. The normalized spacial score (nSPS) is 13.3. The van der Waals surface area contributed by atoms with E-state index < -0.39 is 0 Å². The molecule has 10 aromatic rings. The molecule has 0 N–H and O–H groups in total. The van der Waals surface area contributed by atoms with Crippen LogP contribution in [0.5, 0.6) is 0 Å². The molecule has 0 fully saturated rings. The SMILES string of the molecule is [2H]c1c([2H])c([2H])c2c(oc3c([2H])c(-c4nc(-c5ccccc5)nc(-c5cccc(-c6ccccc6)c5)n4)c([2H])c([2H])c32)c1-c1ccc2oc3ccccc3c2c1. The molecule has 0 bridgehead atoms. The first-order chi connectivity index (χ1) is 27.3. The summed E-state index contributed by atoms with van der Waals surface area (Å²) in [6, 6.07) is 38.3. The summed E-state index contributed by atoms with van der Waals surface area (Å²) in [4.78, 5) is 14.4. The molecule has 0 aliphatic heterocycles. The third kappa shape index (κ3) is 4.75. The first-order valence-electron chi connectivity index (χ1n) is 19.1. The van der Waals surface area contributed by atoms with Crippen molar-refractivity contribution in [2.45, 2.75) is 0 Å². The second kappa shape index (κ2) is 11.4. The van der Waals surface area contributed by atoms with E-state index in [0.717, 1.165) is 21.9 Å². The molecule has 3 heterocycles. The minimum Gasteiger partial charge on any atom is -0.456 e. The first-order valence-corrected chi connectivity index (χ1v) is 16.1. The molecule has 7 aromatic carbocycles. The monoisotopic (exact) mass is 647 g/mol. The Kier molecular flexibility index (Phi) is 5.17. The lowest BCUT2D eigenvalue weighted by Gasteiger charge is -2.09. The molecule has 0 aliphatic rings. The summed E-state index contributed by atoms with van der Waals surface area (Å²) in [5.41, 5.74) is 5.46. The highest BCUT2D eigenvalue weighted by molar-refractivity contribution is 6.12. The van der Waals surface area contributed by atoms with Gasteiger partial charge in [-0.05, 0) is 53.0 Å². The molecule has 0 aliphatic carbocycles. The number of benzene rings is 7. The van der Waals surface area contributed by atoms with Crippen molar-refractivity contribution in [1.82, 2.24) is 15.0 Å². The Morgan fingerprint density at radius 2 is 1.08 bits per heavy atom. The van der Waals surface area contributed by atoms with Crippen molar-refractivity contribution in [2.24, 2.45) is 0 Å². The first kappa shape index (κ1) is 22.7. The largest absolute Gasteiger partial charge is 0.456 e. The Labute approximate surface area is 295 Å². The molecule has 0 amide bonds. The molecule has 5 nitrogen and oxygen atoms in total. The van der Waals surface area contributed by atoms with E-state index in [9.17, 15) is 4.11 Å². The predicted molar refractivity (Wildman–Crippen MR) is 202 cm³/mol. The fourth-order valence-electron chi connectivity index (χ4n) is 6.41. The van der Waals surface area contributed by atoms with E-state index in [4.69, 9.17) is 27.9 Å². The molecule has 0 atom stereocenters. The fraction of sp³-hybridized carbons (Fsp3) is 0. The number of aromatic nitrogens is 3. The van der Waals surface area contributed by atoms with Crippen LogP contribution >= 0.6 is 0 Å². The zero-order valence-corrected chi connectivity index (χ0v) is 26.3. The smallest absolute Gasteiger partial charge is 0.164 e. The summed E-state index contributed by atoms with van der Waals surface area (Å²) in [5.74, 6) is 0.648. The van der Waals surface area contributed by atoms with Crippen molar-refractivity contribution in [1.29, 1.82) is 0 Å². The molecule has 0 spiro atoms. The lowest BCUT2D eigenvalue weighted by molar-refractivity contribution is 0.668. The van der Waals surface area contributed by atoms with Crippen LogP contribution in [0.4, 0.5) is 0 Å². The van der Waals surface area contributed by atoms with Crippen LogP contribution in [0.1, 0.15) is 8.22 Å². The van der Waals surface area contributed by atoms with Gasteiger partial charge in [-0.25, -0.2) is 15.0 Å². The minimum absolute atomic E-state index is 0.00999. The van der Waals surface area contributed by atoms with Gasteiger partial charge < -0.3 is 8.83 Å². The van der Waals surface area contributed by atoms with Crippen LogP contribution in [0.15, 0.2) is 172 Å². The highest BCUT2D eigenvalue weighted by atomic mass is 16.3. The summed E-state index contributed by atoms with van der Waals surface area (Å²) in [6.45, 7) is 0. The van der Waals surface area contributed by atoms with E-state index in [-0.39, 0.29) is 75.1 Å². The summed E-state index contributed by atoms with van der Waals surface area (Å²) >= 11 is 0. The van der Waals surface area contributed by atoms with Crippen LogP contribution < -0.4 is 0 Å². The minimum atomic E-state index is -0.360. The summed E-state index contributed by atoms with van der Waals surface area (Å²) in [5, 5.41) is 1.81. The maximum Gasteiger partial charge on any atom is 0.164 e. The number of nitrogens with zero attached hydrogens (tertiary/aromatic N) is 3. The number of rotatable bonds is 5. The van der Waals surface area contributed by atoms with Gasteiger partial charge in [0.15, 0.2) is 17.5 Å². The third-order valence-corrected chi connectivity index (χ3v) is 8.85. The quantitative estimate of drug-likeness (QED) is 0.186. The number of para-hydroxylation sites is 2. The van der Waals surface area contributed by atoms with Gasteiger partial charge in [0.05, 0.1) is 8.22 Å². The van der Waals surface area contributed by atoms with Crippen LogP contribution in [-0.4, -0.2) is 15.0 Å². The van der Waals surface area contributed by atoms with Gasteiger partial charge in [0.2, 0.25) is 0 Å². The molecule has 3 aromatic heterocycles. The van der Waals surface area contributed by atoms with E-state index >= 15 is 0 Å². The van der Waals surface area contributed by atoms with Crippen molar-refractivity contribution in [3.05, 3.63) is 164 Å². The molecule has 10 rings (SSSR count). The second-order valence-electron chi connectivity index (χ2n) is 11.9. The Morgan fingerprint density at radius 3 is 1.92 bits per heavy atom. The number of fused-ring (bicyclic) bond motifs is 6. The summed E-state index contributed by atoms with van der Waals surface area (Å²) < 4.78 is 67.4. The van der Waals surface area contributed by atoms with Gasteiger partial charge in [0, 0.05) is 43.8 Å². The lowest BCUT2D eigenvalue weighted by Crippen LogP contribution is -2.00. The molecule has 50 heavy (non-hydrogen) atoms. The van der Waals surface area contributed by atoms with E-state index in [1.165, 1.54) is 0 Å². The summed E-state index contributed by atoms with van der Waals surface area (Å²) in [6.07, 6.45) is 0. The highest BCUT2D eigenvalue weighted by Crippen LogP contribution is 2.39. The third-order valence-electron chi connectivity index (χ3n) is 8.85. The Bertz CT molecular complexity index is 3220. The fourth-order valence-corrected chi connectivity index (χ4v) is 6.41. The predicted octanol–water partition coefficient (Wildman–Crippen LogP) is 12.0. The average Bonchev–Trinajstić information content (AvgIpc) is 3.82. The van der Waals surface area contributed by atoms with Gasteiger partial charge in [0.1, 0.15) is 22.3 Å². The van der Waals surface area contributed by atoms with Crippen LogP contribution in [0.2, 0.25) is 0 Å². The van der Waals surface area contributed by atoms with Gasteiger partial charge in [-0.3, -0.25) is 0 Å². The van der Waals surface area contributed by atoms with E-state index in [2.05, 4.69) is 0 Å². The molecular formula is C45H27N3O2. The molecule has 234 valence electrons. The van der Waals surface area contributed by atoms with Gasteiger partial charge in [-0.1, -0.05) is 127 Å². The Morgan fingerprint density at radius 1 is 0.400 bits per heavy atom. The van der Waals surface area contributed by atoms with Crippen LogP contribution in [0.3, 0.4) is 0 Å². The van der Waals surface area contributed by atoms with Crippen LogP contribution in [0, 0.1) is 0 Å². The van der Waals surface area contributed by atoms with Crippen LogP contribution in [-0.2, 0) is 0 Å². The zero-order valence-electron chi connectivity index (χ0n) is 32.3. The van der Waals surface area contributed by atoms with Gasteiger partial charge in [-0.2, -0.15) is 0 Å². The Balaban J connectivity index is 1.22. The lowest BCUT2D eigenvalue weighted by atomic mass is 10.00. The van der Waals surface area contributed by atoms with Gasteiger partial charge in [0.25, 0.3) is 0 Å². The molecule has 0 saturated heterocycles. The number of furan rings is 2. The molecule has 0 unspecified atom stereocenters. The zero-order chi connectivity index (χ0) is 38.2. The number of hydrogen-bond acceptors (Lipinski definition) is 5. The van der Waals surface area contributed by atoms with Crippen molar-refractivity contribution in [3.63, 3.8) is 0 Å². The maximum absolute atomic E-state index is 9.51. The topological polar surface area (TPSA) is 65.0 Å². The number of hydrogen-bond donors (Lipinski definition) is 0. The maximum atomic E-state index is 9.51. The van der Waals surface area contributed by atoms with Gasteiger partial charge >= 0.3 is 0 Å². The van der Waals surface area contributed by atoms with Gasteiger partial charge in [-0.15, -0.1) is 0 Å². The Hall–Kier alpha value is -6.85. The molecular weight excluding hydrogens is 615 g/mol. The molecule has 0 radical (unpaired) electrons. The van der Waals surface area contributed by atoms with E-state index in [1.807, 2.05) is 115 Å². The molecule has 5 heteroatoms.